The molecule has 0 unspecified atom stereocenters. The number of nitro groups is 1. The van der Waals surface area contributed by atoms with Crippen LogP contribution in [0.2, 0.25) is 0 Å². The van der Waals surface area contributed by atoms with E-state index in [1.165, 1.54) is 23.1 Å². The molecule has 3 rings (SSSR count). The van der Waals surface area contributed by atoms with Crippen LogP contribution in [-0.4, -0.2) is 32.3 Å². The van der Waals surface area contributed by atoms with E-state index < -0.39 is 27.4 Å². The van der Waals surface area contributed by atoms with Gasteiger partial charge in [-0.05, 0) is 30.4 Å². The van der Waals surface area contributed by atoms with Gasteiger partial charge in [-0.25, -0.2) is 13.1 Å². The normalized spacial score (nSPS) is 16.0. The Morgan fingerprint density at radius 2 is 1.96 bits per heavy atom. The summed E-state index contributed by atoms with van der Waals surface area (Å²) in [6.07, 6.45) is 4.20. The number of hydrogen-bond donors (Lipinski definition) is 2. The number of benzene rings is 1. The molecule has 1 aliphatic carbocycles. The van der Waals surface area contributed by atoms with Crippen LogP contribution in [0.15, 0.2) is 46.7 Å². The summed E-state index contributed by atoms with van der Waals surface area (Å²) in [4.78, 5) is 23.4. The summed E-state index contributed by atoms with van der Waals surface area (Å²) in [5.41, 5.74) is -0.408. The predicted octanol–water partition coefficient (Wildman–Crippen LogP) is 2.56. The summed E-state index contributed by atoms with van der Waals surface area (Å²) >= 11 is 1.67. The quantitative estimate of drug-likeness (QED) is 0.500. The van der Waals surface area contributed by atoms with E-state index in [4.69, 9.17) is 0 Å². The summed E-state index contributed by atoms with van der Waals surface area (Å²) in [6.45, 7) is 0.0381. The fourth-order valence-corrected chi connectivity index (χ4v) is 5.49. The Hall–Kier alpha value is -2.30. The molecule has 2 aromatic rings. The van der Waals surface area contributed by atoms with E-state index in [0.717, 1.165) is 31.7 Å². The molecule has 1 aromatic carbocycles. The second-order valence-corrected chi connectivity index (χ2v) is 9.54. The molecule has 1 amide bonds. The van der Waals surface area contributed by atoms with Gasteiger partial charge in [0.05, 0.1) is 16.4 Å². The molecule has 150 valence electrons. The van der Waals surface area contributed by atoms with Gasteiger partial charge in [0.15, 0.2) is 0 Å². The molecule has 1 aromatic heterocycles. The van der Waals surface area contributed by atoms with Crippen LogP contribution in [-0.2, 0) is 20.2 Å². The van der Waals surface area contributed by atoms with Crippen molar-refractivity contribution in [2.45, 2.75) is 36.0 Å². The van der Waals surface area contributed by atoms with Crippen molar-refractivity contribution in [2.24, 2.45) is 0 Å². The number of non-ortho nitro benzene ring substituents is 1. The van der Waals surface area contributed by atoms with Crippen molar-refractivity contribution in [3.63, 3.8) is 0 Å². The van der Waals surface area contributed by atoms with E-state index in [1.54, 1.807) is 11.3 Å². The maximum absolute atomic E-state index is 12.3. The predicted molar refractivity (Wildman–Crippen MR) is 106 cm³/mol. The van der Waals surface area contributed by atoms with Crippen LogP contribution in [0.25, 0.3) is 0 Å². The Morgan fingerprint density at radius 1 is 1.21 bits per heavy atom. The van der Waals surface area contributed by atoms with E-state index in [1.807, 2.05) is 11.4 Å². The lowest BCUT2D eigenvalue weighted by Gasteiger charge is -2.28. The summed E-state index contributed by atoms with van der Waals surface area (Å²) in [5.74, 6) is -0.433. The van der Waals surface area contributed by atoms with Crippen molar-refractivity contribution in [1.29, 1.82) is 0 Å². The number of hydrogen-bond acceptors (Lipinski definition) is 6. The van der Waals surface area contributed by atoms with Gasteiger partial charge in [0, 0.05) is 29.0 Å². The van der Waals surface area contributed by atoms with Crippen LogP contribution in [0.4, 0.5) is 5.69 Å². The number of carbonyl (C=O) groups excluding carboxylic acids is 1. The Morgan fingerprint density at radius 3 is 2.61 bits per heavy atom. The molecule has 0 spiro atoms. The van der Waals surface area contributed by atoms with Crippen LogP contribution in [0.1, 0.15) is 30.6 Å². The lowest BCUT2D eigenvalue weighted by Crippen LogP contribution is -2.43. The number of sulfonamides is 1. The van der Waals surface area contributed by atoms with Gasteiger partial charge in [0.25, 0.3) is 5.69 Å². The molecule has 0 aliphatic heterocycles. The molecule has 8 nitrogen and oxygen atoms in total. The summed E-state index contributed by atoms with van der Waals surface area (Å²) in [7, 11) is -4.02. The van der Waals surface area contributed by atoms with Crippen molar-refractivity contribution in [2.75, 3.05) is 13.1 Å². The summed E-state index contributed by atoms with van der Waals surface area (Å²) < 4.78 is 26.8. The molecule has 0 bridgehead atoms. The minimum absolute atomic E-state index is 0.0806. The summed E-state index contributed by atoms with van der Waals surface area (Å²) in [5, 5.41) is 15.7. The molecule has 2 N–H and O–H groups in total. The molecule has 0 radical (unpaired) electrons. The van der Waals surface area contributed by atoms with Gasteiger partial charge in [-0.15, -0.1) is 11.3 Å². The highest BCUT2D eigenvalue weighted by Gasteiger charge is 2.36. The first-order valence-corrected chi connectivity index (χ1v) is 11.2. The fourth-order valence-electron chi connectivity index (χ4n) is 3.48. The van der Waals surface area contributed by atoms with Crippen molar-refractivity contribution in [3.05, 3.63) is 56.8 Å². The Bertz CT molecular complexity index is 951. The number of nitrogens with one attached hydrogen (secondary N) is 2. The van der Waals surface area contributed by atoms with E-state index >= 15 is 0 Å². The molecule has 10 heteroatoms. The highest BCUT2D eigenvalue weighted by molar-refractivity contribution is 7.89. The van der Waals surface area contributed by atoms with Gasteiger partial charge in [0.2, 0.25) is 15.9 Å². The minimum Gasteiger partial charge on any atom is -0.354 e. The second-order valence-electron chi connectivity index (χ2n) is 6.82. The Balaban J connectivity index is 1.59. The molecule has 0 saturated heterocycles. The van der Waals surface area contributed by atoms with Gasteiger partial charge in [-0.1, -0.05) is 25.0 Å². The number of nitro benzene ring substituents is 1. The number of amides is 1. The zero-order valence-corrected chi connectivity index (χ0v) is 16.7. The van der Waals surface area contributed by atoms with Gasteiger partial charge >= 0.3 is 0 Å². The van der Waals surface area contributed by atoms with Gasteiger partial charge < -0.3 is 5.32 Å². The van der Waals surface area contributed by atoms with E-state index in [-0.39, 0.29) is 16.0 Å². The Kier molecular flexibility index (Phi) is 6.11. The molecule has 1 aliphatic rings. The van der Waals surface area contributed by atoms with Crippen LogP contribution < -0.4 is 10.0 Å². The van der Waals surface area contributed by atoms with Crippen molar-refractivity contribution >= 4 is 33.0 Å². The molecular formula is C18H21N3O5S2. The number of nitrogens with zero attached hydrogens (tertiary/aromatic N) is 1. The minimum atomic E-state index is -4.02. The number of carbonyl (C=O) groups is 1. The van der Waals surface area contributed by atoms with Crippen molar-refractivity contribution in [1.82, 2.24) is 10.0 Å². The fraction of sp³-hybridized carbons (Fsp3) is 0.389. The van der Waals surface area contributed by atoms with E-state index in [0.29, 0.717) is 6.54 Å². The third-order valence-electron chi connectivity index (χ3n) is 4.99. The molecule has 28 heavy (non-hydrogen) atoms. The zero-order valence-electron chi connectivity index (χ0n) is 15.1. The average Bonchev–Trinajstić information content (AvgIpc) is 3.37. The smallest absolute Gasteiger partial charge is 0.270 e. The maximum Gasteiger partial charge on any atom is 0.270 e. The van der Waals surface area contributed by atoms with E-state index in [9.17, 15) is 23.3 Å². The lowest BCUT2D eigenvalue weighted by atomic mass is 9.84. The SMILES string of the molecule is O=C(CNS(=O)(=O)c1cccc([N+](=O)[O-])c1)NCC1(c2cccs2)CCCC1. The third-order valence-corrected chi connectivity index (χ3v) is 7.51. The van der Waals surface area contributed by atoms with Gasteiger partial charge in [-0.3, -0.25) is 14.9 Å². The van der Waals surface area contributed by atoms with Crippen molar-refractivity contribution in [3.8, 4) is 0 Å². The molecule has 1 saturated carbocycles. The average molecular weight is 424 g/mol. The third kappa shape index (κ3) is 4.57. The standard InChI is InChI=1S/C18H21N3O5S2/c22-17(19-13-18(8-1-2-9-18)16-7-4-10-27-16)12-20-28(25,26)15-6-3-5-14(11-15)21(23)24/h3-7,10-11,20H,1-2,8-9,12-13H2,(H,19,22). The molecule has 1 heterocycles. The van der Waals surface area contributed by atoms with Crippen LogP contribution in [0.5, 0.6) is 0 Å². The number of rotatable bonds is 8. The molecule has 0 atom stereocenters. The second kappa shape index (κ2) is 8.38. The van der Waals surface area contributed by atoms with Gasteiger partial charge in [-0.2, -0.15) is 0 Å². The van der Waals surface area contributed by atoms with E-state index in [2.05, 4.69) is 16.1 Å². The first-order valence-electron chi connectivity index (χ1n) is 8.87. The lowest BCUT2D eigenvalue weighted by molar-refractivity contribution is -0.385. The zero-order chi connectivity index (χ0) is 20.2. The van der Waals surface area contributed by atoms with Crippen LogP contribution in [0.3, 0.4) is 0 Å². The Labute approximate surface area is 167 Å². The largest absolute Gasteiger partial charge is 0.354 e. The van der Waals surface area contributed by atoms with Gasteiger partial charge in [0.1, 0.15) is 0 Å². The van der Waals surface area contributed by atoms with Crippen LogP contribution >= 0.6 is 11.3 Å². The monoisotopic (exact) mass is 423 g/mol. The molecule has 1 fully saturated rings. The topological polar surface area (TPSA) is 118 Å². The summed E-state index contributed by atoms with van der Waals surface area (Å²) in [6, 6.07) is 8.78. The van der Waals surface area contributed by atoms with Crippen molar-refractivity contribution < 1.29 is 18.1 Å². The maximum atomic E-state index is 12.3. The van der Waals surface area contributed by atoms with Crippen LogP contribution in [0, 0.1) is 10.1 Å². The first kappa shape index (κ1) is 20.4. The highest BCUT2D eigenvalue weighted by atomic mass is 32.2. The highest BCUT2D eigenvalue weighted by Crippen LogP contribution is 2.42. The number of thiophene rings is 1. The first-order chi connectivity index (χ1) is 13.3. The molecular weight excluding hydrogens is 402 g/mol.